The predicted molar refractivity (Wildman–Crippen MR) is 107 cm³/mol. The molecule has 0 spiro atoms. The highest BCUT2D eigenvalue weighted by molar-refractivity contribution is 9.10. The number of benzene rings is 2. The fourth-order valence-electron chi connectivity index (χ4n) is 2.46. The smallest absolute Gasteiger partial charge is 0.340 e. The number of nitrogen functional groups attached to an aromatic ring is 1. The van der Waals surface area contributed by atoms with Gasteiger partial charge in [0.05, 0.1) is 5.69 Å². The van der Waals surface area contributed by atoms with Crippen molar-refractivity contribution >= 4 is 49.7 Å². The van der Waals surface area contributed by atoms with Crippen molar-refractivity contribution in [3.8, 4) is 0 Å². The van der Waals surface area contributed by atoms with Crippen LogP contribution in [0.1, 0.15) is 31.2 Å². The first-order chi connectivity index (χ1) is 12.5. The van der Waals surface area contributed by atoms with E-state index < -0.39 is 5.97 Å². The summed E-state index contributed by atoms with van der Waals surface area (Å²) in [6.07, 6.45) is 0. The zero-order valence-corrected chi connectivity index (χ0v) is 15.9. The summed E-state index contributed by atoms with van der Waals surface area (Å²) in [5.74, 6) is -1.46. The summed E-state index contributed by atoms with van der Waals surface area (Å²) in [5.41, 5.74) is 7.38. The molecule has 1 heterocycles. The average Bonchev–Trinajstić information content (AvgIpc) is 2.97. The fraction of sp³-hybridized carbons (Fsp3) is 0.0526. The van der Waals surface area contributed by atoms with Crippen molar-refractivity contribution < 1.29 is 14.7 Å². The second kappa shape index (κ2) is 7.72. The first-order valence-corrected chi connectivity index (χ1v) is 9.32. The van der Waals surface area contributed by atoms with Crippen LogP contribution in [-0.2, 0) is 6.54 Å². The molecular weight excluding hydrogens is 416 g/mol. The summed E-state index contributed by atoms with van der Waals surface area (Å²) in [6, 6.07) is 16.4. The molecule has 2 aromatic carbocycles. The lowest BCUT2D eigenvalue weighted by atomic mass is 10.1. The van der Waals surface area contributed by atoms with E-state index in [-0.39, 0.29) is 21.9 Å². The van der Waals surface area contributed by atoms with E-state index in [9.17, 15) is 14.7 Å². The van der Waals surface area contributed by atoms with Gasteiger partial charge in [-0.05, 0) is 29.8 Å². The third-order valence-corrected chi connectivity index (χ3v) is 5.46. The van der Waals surface area contributed by atoms with Gasteiger partial charge in [-0.2, -0.15) is 0 Å². The van der Waals surface area contributed by atoms with Crippen LogP contribution in [0.5, 0.6) is 0 Å². The number of thiophene rings is 1. The number of hydrogen-bond donors (Lipinski definition) is 3. The van der Waals surface area contributed by atoms with Crippen LogP contribution < -0.4 is 11.1 Å². The van der Waals surface area contributed by atoms with Gasteiger partial charge in [-0.15, -0.1) is 11.3 Å². The number of carboxylic acid groups (broad SMARTS) is 1. The van der Waals surface area contributed by atoms with E-state index in [2.05, 4.69) is 21.2 Å². The van der Waals surface area contributed by atoms with Crippen LogP contribution in [0, 0.1) is 0 Å². The zero-order chi connectivity index (χ0) is 18.7. The molecule has 0 aliphatic carbocycles. The molecule has 3 aromatic rings. The predicted octanol–water partition coefficient (Wildman–Crippen LogP) is 4.63. The molecule has 26 heavy (non-hydrogen) atoms. The topological polar surface area (TPSA) is 92.4 Å². The monoisotopic (exact) mass is 430 g/mol. The molecule has 0 saturated carbocycles. The van der Waals surface area contributed by atoms with Gasteiger partial charge in [0.15, 0.2) is 0 Å². The molecule has 0 atom stereocenters. The van der Waals surface area contributed by atoms with E-state index in [0.717, 1.165) is 21.4 Å². The molecule has 0 aliphatic rings. The molecule has 5 nitrogen and oxygen atoms in total. The summed E-state index contributed by atoms with van der Waals surface area (Å²) < 4.78 is 0.852. The largest absolute Gasteiger partial charge is 0.478 e. The van der Waals surface area contributed by atoms with Gasteiger partial charge in [0.1, 0.15) is 15.4 Å². The van der Waals surface area contributed by atoms with Gasteiger partial charge in [-0.1, -0.05) is 46.3 Å². The van der Waals surface area contributed by atoms with E-state index in [1.54, 1.807) is 24.3 Å². The molecule has 0 fully saturated rings. The quantitative estimate of drug-likeness (QED) is 0.495. The van der Waals surface area contributed by atoms with Crippen LogP contribution in [0.2, 0.25) is 0 Å². The maximum atomic E-state index is 12.7. The number of carboxylic acids is 1. The number of aromatic carboxylic acids is 1. The Hall–Kier alpha value is -2.64. The molecule has 0 bridgehead atoms. The van der Waals surface area contributed by atoms with Gasteiger partial charge < -0.3 is 16.2 Å². The zero-order valence-electron chi connectivity index (χ0n) is 13.5. The Morgan fingerprint density at radius 1 is 1.08 bits per heavy atom. The van der Waals surface area contributed by atoms with Crippen molar-refractivity contribution in [3.05, 3.63) is 80.6 Å². The van der Waals surface area contributed by atoms with Crippen LogP contribution in [0.25, 0.3) is 0 Å². The SMILES string of the molecule is Nc1c(C(=O)c2ccc(Br)cc2)sc(NCc2ccccc2)c1C(=O)O. The minimum atomic E-state index is -1.16. The van der Waals surface area contributed by atoms with Crippen molar-refractivity contribution in [1.82, 2.24) is 0 Å². The van der Waals surface area contributed by atoms with E-state index in [1.165, 1.54) is 0 Å². The standard InChI is InChI=1S/C19H15BrN2O3S/c20-13-8-6-12(7-9-13)16(23)17-15(21)14(19(24)25)18(26-17)22-10-11-4-2-1-3-5-11/h1-9,22H,10,21H2,(H,24,25). The summed E-state index contributed by atoms with van der Waals surface area (Å²) in [7, 11) is 0. The molecule has 0 aliphatic heterocycles. The van der Waals surface area contributed by atoms with Crippen LogP contribution in [-0.4, -0.2) is 16.9 Å². The van der Waals surface area contributed by atoms with Crippen LogP contribution in [0.3, 0.4) is 0 Å². The third kappa shape index (κ3) is 3.79. The third-order valence-electron chi connectivity index (χ3n) is 3.77. The number of rotatable bonds is 6. The van der Waals surface area contributed by atoms with Gasteiger partial charge in [0, 0.05) is 16.6 Å². The summed E-state index contributed by atoms with van der Waals surface area (Å²) in [5, 5.41) is 13.0. The van der Waals surface area contributed by atoms with E-state index in [0.29, 0.717) is 17.1 Å². The number of ketones is 1. The lowest BCUT2D eigenvalue weighted by Gasteiger charge is -2.05. The van der Waals surface area contributed by atoms with Gasteiger partial charge in [-0.25, -0.2) is 4.79 Å². The molecule has 1 aromatic heterocycles. The number of hydrogen-bond acceptors (Lipinski definition) is 5. The number of carbonyl (C=O) groups excluding carboxylic acids is 1. The number of nitrogens with one attached hydrogen (secondary N) is 1. The Morgan fingerprint density at radius 2 is 1.73 bits per heavy atom. The first kappa shape index (κ1) is 18.2. The van der Waals surface area contributed by atoms with Crippen LogP contribution in [0.15, 0.2) is 59.1 Å². The fourth-order valence-corrected chi connectivity index (χ4v) is 3.79. The van der Waals surface area contributed by atoms with Gasteiger partial charge >= 0.3 is 5.97 Å². The highest BCUT2D eigenvalue weighted by Crippen LogP contribution is 2.37. The Bertz CT molecular complexity index is 953. The first-order valence-electron chi connectivity index (χ1n) is 7.71. The van der Waals surface area contributed by atoms with Crippen molar-refractivity contribution in [1.29, 1.82) is 0 Å². The maximum absolute atomic E-state index is 12.7. The summed E-state index contributed by atoms with van der Waals surface area (Å²) in [4.78, 5) is 24.6. The highest BCUT2D eigenvalue weighted by Gasteiger charge is 2.25. The molecule has 0 amide bonds. The molecule has 132 valence electrons. The van der Waals surface area contributed by atoms with Crippen LogP contribution in [0.4, 0.5) is 10.7 Å². The number of nitrogens with two attached hydrogens (primary N) is 1. The Morgan fingerprint density at radius 3 is 2.35 bits per heavy atom. The second-order valence-electron chi connectivity index (χ2n) is 5.53. The molecule has 3 rings (SSSR count). The number of anilines is 2. The van der Waals surface area contributed by atoms with Gasteiger partial charge in [-0.3, -0.25) is 4.79 Å². The minimum Gasteiger partial charge on any atom is -0.478 e. The molecular formula is C19H15BrN2O3S. The number of carbonyl (C=O) groups is 2. The highest BCUT2D eigenvalue weighted by atomic mass is 79.9. The molecule has 7 heteroatoms. The second-order valence-corrected chi connectivity index (χ2v) is 7.47. The summed E-state index contributed by atoms with van der Waals surface area (Å²) >= 11 is 4.38. The lowest BCUT2D eigenvalue weighted by molar-refractivity contribution is 0.0699. The average molecular weight is 431 g/mol. The van der Waals surface area contributed by atoms with Crippen molar-refractivity contribution in [2.75, 3.05) is 11.1 Å². The Kier molecular flexibility index (Phi) is 5.39. The van der Waals surface area contributed by atoms with E-state index >= 15 is 0 Å². The number of halogens is 1. The van der Waals surface area contributed by atoms with Crippen molar-refractivity contribution in [2.45, 2.75) is 6.54 Å². The van der Waals surface area contributed by atoms with Gasteiger partial charge in [0.2, 0.25) is 5.78 Å². The van der Waals surface area contributed by atoms with Crippen LogP contribution >= 0.6 is 27.3 Å². The molecule has 0 unspecified atom stereocenters. The lowest BCUT2D eigenvalue weighted by Crippen LogP contribution is -2.07. The molecule has 4 N–H and O–H groups in total. The Labute approximate surface area is 162 Å². The molecule has 0 radical (unpaired) electrons. The normalized spacial score (nSPS) is 10.5. The summed E-state index contributed by atoms with van der Waals surface area (Å²) in [6.45, 7) is 0.437. The van der Waals surface area contributed by atoms with Crippen molar-refractivity contribution in [3.63, 3.8) is 0 Å². The van der Waals surface area contributed by atoms with Crippen molar-refractivity contribution in [2.24, 2.45) is 0 Å². The Balaban J connectivity index is 1.93. The minimum absolute atomic E-state index is 0.00835. The molecule has 0 saturated heterocycles. The van der Waals surface area contributed by atoms with Gasteiger partial charge in [0.25, 0.3) is 0 Å². The van der Waals surface area contributed by atoms with E-state index in [1.807, 2.05) is 30.3 Å². The maximum Gasteiger partial charge on any atom is 0.340 e. The van der Waals surface area contributed by atoms with E-state index in [4.69, 9.17) is 5.73 Å².